The number of anilines is 1. The molecule has 0 saturated heterocycles. The second-order valence-electron chi connectivity index (χ2n) is 6.77. The maximum Gasteiger partial charge on any atom is 0.341 e. The van der Waals surface area contributed by atoms with E-state index in [1.54, 1.807) is 54.8 Å². The van der Waals surface area contributed by atoms with Crippen LogP contribution in [0.5, 0.6) is 0 Å². The minimum Gasteiger partial charge on any atom is -0.464 e. The van der Waals surface area contributed by atoms with Gasteiger partial charge in [0.25, 0.3) is 11.8 Å². The van der Waals surface area contributed by atoms with Crippen molar-refractivity contribution in [2.75, 3.05) is 18.5 Å². The van der Waals surface area contributed by atoms with Crippen LogP contribution >= 0.6 is 11.3 Å². The van der Waals surface area contributed by atoms with Crippen molar-refractivity contribution < 1.29 is 33.1 Å². The lowest BCUT2D eigenvalue weighted by molar-refractivity contribution is -0.148. The fourth-order valence-electron chi connectivity index (χ4n) is 2.82. The quantitative estimate of drug-likeness (QED) is 0.459. The van der Waals surface area contributed by atoms with E-state index in [0.29, 0.717) is 16.9 Å². The molecule has 0 aliphatic rings. The van der Waals surface area contributed by atoms with Gasteiger partial charge >= 0.3 is 11.9 Å². The molecule has 0 spiro atoms. The molecular formula is C23H22N2O7S. The number of carbonyl (C=O) groups is 4. The van der Waals surface area contributed by atoms with Gasteiger partial charge in [0.15, 0.2) is 6.61 Å². The standard InChI is InChI=1S/C23H22N2O7S/c1-3-30-23(29)19-16(17-10-7-11-31-17)13-33-21(19)25-18(26)12-32-22(28)14(2)24-20(27)15-8-5-4-6-9-15/h4-11,13-14H,3,12H2,1-2H3,(H,24,27)(H,25,26). The molecule has 0 saturated carbocycles. The molecule has 10 heteroatoms. The molecule has 0 aliphatic carbocycles. The van der Waals surface area contributed by atoms with Crippen molar-refractivity contribution in [3.63, 3.8) is 0 Å². The van der Waals surface area contributed by atoms with Crippen LogP contribution in [0.25, 0.3) is 11.3 Å². The summed E-state index contributed by atoms with van der Waals surface area (Å²) in [7, 11) is 0. The highest BCUT2D eigenvalue weighted by Crippen LogP contribution is 2.36. The third kappa shape index (κ3) is 6.07. The van der Waals surface area contributed by atoms with Crippen molar-refractivity contribution in [3.05, 3.63) is 65.2 Å². The maximum absolute atomic E-state index is 12.5. The highest BCUT2D eigenvalue weighted by molar-refractivity contribution is 7.15. The van der Waals surface area contributed by atoms with Gasteiger partial charge in [-0.25, -0.2) is 9.59 Å². The predicted molar refractivity (Wildman–Crippen MR) is 121 cm³/mol. The second-order valence-corrected chi connectivity index (χ2v) is 7.65. The van der Waals surface area contributed by atoms with Crippen molar-refractivity contribution in [2.45, 2.75) is 19.9 Å². The second kappa shape index (κ2) is 11.1. The third-order valence-corrected chi connectivity index (χ3v) is 5.29. The summed E-state index contributed by atoms with van der Waals surface area (Å²) in [6.45, 7) is 2.69. The summed E-state index contributed by atoms with van der Waals surface area (Å²) in [5.74, 6) is -2.03. The van der Waals surface area contributed by atoms with E-state index in [2.05, 4.69) is 10.6 Å². The summed E-state index contributed by atoms with van der Waals surface area (Å²) in [6.07, 6.45) is 1.47. The van der Waals surface area contributed by atoms with Crippen molar-refractivity contribution >= 4 is 40.1 Å². The number of amides is 2. The van der Waals surface area contributed by atoms with Gasteiger partial charge < -0.3 is 24.5 Å². The molecule has 0 radical (unpaired) electrons. The zero-order valence-corrected chi connectivity index (χ0v) is 18.8. The lowest BCUT2D eigenvalue weighted by Crippen LogP contribution is -2.40. The Balaban J connectivity index is 1.60. The number of hydrogen-bond acceptors (Lipinski definition) is 8. The number of rotatable bonds is 9. The van der Waals surface area contributed by atoms with Crippen LogP contribution in [0, 0.1) is 0 Å². The molecule has 2 amide bonds. The normalized spacial score (nSPS) is 11.3. The molecule has 2 N–H and O–H groups in total. The van der Waals surface area contributed by atoms with Gasteiger partial charge in [0.2, 0.25) is 0 Å². The van der Waals surface area contributed by atoms with Crippen molar-refractivity contribution in [1.29, 1.82) is 0 Å². The Morgan fingerprint density at radius 1 is 1.06 bits per heavy atom. The van der Waals surface area contributed by atoms with Crippen LogP contribution in [0.4, 0.5) is 5.00 Å². The Morgan fingerprint density at radius 2 is 1.82 bits per heavy atom. The Hall–Kier alpha value is -3.92. The van der Waals surface area contributed by atoms with Crippen LogP contribution in [0.1, 0.15) is 34.6 Å². The zero-order chi connectivity index (χ0) is 23.8. The van der Waals surface area contributed by atoms with Crippen molar-refractivity contribution in [3.8, 4) is 11.3 Å². The van der Waals surface area contributed by atoms with Gasteiger partial charge in [-0.15, -0.1) is 11.3 Å². The van der Waals surface area contributed by atoms with Crippen LogP contribution in [-0.2, 0) is 19.1 Å². The first-order valence-corrected chi connectivity index (χ1v) is 10.9. The first kappa shape index (κ1) is 23.7. The minimum absolute atomic E-state index is 0.153. The lowest BCUT2D eigenvalue weighted by atomic mass is 10.1. The number of hydrogen-bond donors (Lipinski definition) is 2. The number of thiophene rings is 1. The topological polar surface area (TPSA) is 124 Å². The van der Waals surface area contributed by atoms with Gasteiger partial charge in [-0.05, 0) is 38.1 Å². The average molecular weight is 471 g/mol. The van der Waals surface area contributed by atoms with E-state index in [1.165, 1.54) is 13.2 Å². The van der Waals surface area contributed by atoms with Gasteiger partial charge in [-0.1, -0.05) is 18.2 Å². The summed E-state index contributed by atoms with van der Waals surface area (Å²) in [6, 6.07) is 10.8. The van der Waals surface area contributed by atoms with Crippen LogP contribution in [0.3, 0.4) is 0 Å². The summed E-state index contributed by atoms with van der Waals surface area (Å²) in [5, 5.41) is 6.98. The number of ether oxygens (including phenoxy) is 2. The largest absolute Gasteiger partial charge is 0.464 e. The van der Waals surface area contributed by atoms with Crippen LogP contribution in [0.2, 0.25) is 0 Å². The van der Waals surface area contributed by atoms with Crippen LogP contribution in [-0.4, -0.2) is 43.0 Å². The van der Waals surface area contributed by atoms with E-state index in [4.69, 9.17) is 13.9 Å². The average Bonchev–Trinajstić information content (AvgIpc) is 3.48. The first-order chi connectivity index (χ1) is 15.9. The molecule has 2 aromatic heterocycles. The Kier molecular flexibility index (Phi) is 7.98. The number of esters is 2. The van der Waals surface area contributed by atoms with Gasteiger partial charge in [-0.2, -0.15) is 0 Å². The molecule has 1 aromatic carbocycles. The zero-order valence-electron chi connectivity index (χ0n) is 18.0. The maximum atomic E-state index is 12.5. The monoisotopic (exact) mass is 470 g/mol. The SMILES string of the molecule is CCOC(=O)c1c(-c2ccco2)csc1NC(=O)COC(=O)C(C)NC(=O)c1ccccc1. The number of nitrogens with one attached hydrogen (secondary N) is 2. The molecule has 0 bridgehead atoms. The molecule has 172 valence electrons. The highest BCUT2D eigenvalue weighted by atomic mass is 32.1. The molecule has 3 aromatic rings. The molecule has 9 nitrogen and oxygen atoms in total. The van der Waals surface area contributed by atoms with Crippen molar-refractivity contribution in [1.82, 2.24) is 5.32 Å². The third-order valence-electron chi connectivity index (χ3n) is 4.39. The number of furan rings is 1. The van der Waals surface area contributed by atoms with E-state index >= 15 is 0 Å². The molecule has 1 atom stereocenters. The number of benzene rings is 1. The van der Waals surface area contributed by atoms with E-state index in [-0.39, 0.29) is 17.2 Å². The lowest BCUT2D eigenvalue weighted by Gasteiger charge is -2.13. The highest BCUT2D eigenvalue weighted by Gasteiger charge is 2.25. The van der Waals surface area contributed by atoms with Crippen LogP contribution < -0.4 is 10.6 Å². The summed E-state index contributed by atoms with van der Waals surface area (Å²) >= 11 is 1.11. The summed E-state index contributed by atoms with van der Waals surface area (Å²) in [5.41, 5.74) is 1.03. The summed E-state index contributed by atoms with van der Waals surface area (Å²) < 4.78 is 15.5. The summed E-state index contributed by atoms with van der Waals surface area (Å²) in [4.78, 5) is 49.2. The van der Waals surface area contributed by atoms with Gasteiger partial charge in [-0.3, -0.25) is 9.59 Å². The molecular weight excluding hydrogens is 448 g/mol. The molecule has 2 heterocycles. The van der Waals surface area contributed by atoms with E-state index in [1.807, 2.05) is 0 Å². The fourth-order valence-corrected chi connectivity index (χ4v) is 3.78. The minimum atomic E-state index is -0.965. The fraction of sp³-hybridized carbons (Fsp3) is 0.217. The van der Waals surface area contributed by atoms with Crippen molar-refractivity contribution in [2.24, 2.45) is 0 Å². The first-order valence-electron chi connectivity index (χ1n) is 10.1. The molecule has 33 heavy (non-hydrogen) atoms. The number of carbonyl (C=O) groups excluding carboxylic acids is 4. The van der Waals surface area contributed by atoms with E-state index in [9.17, 15) is 19.2 Å². The molecule has 1 unspecified atom stereocenters. The van der Waals surface area contributed by atoms with Crippen LogP contribution in [0.15, 0.2) is 58.5 Å². The van der Waals surface area contributed by atoms with Gasteiger partial charge in [0.1, 0.15) is 22.4 Å². The van der Waals surface area contributed by atoms with Gasteiger partial charge in [0, 0.05) is 16.5 Å². The Labute approximate surface area is 193 Å². The molecule has 0 fully saturated rings. The van der Waals surface area contributed by atoms with Gasteiger partial charge in [0.05, 0.1) is 12.9 Å². The Bertz CT molecular complexity index is 1120. The smallest absolute Gasteiger partial charge is 0.341 e. The van der Waals surface area contributed by atoms with E-state index in [0.717, 1.165) is 11.3 Å². The predicted octanol–water partition coefficient (Wildman–Crippen LogP) is 3.49. The molecule has 0 aliphatic heterocycles. The Morgan fingerprint density at radius 3 is 2.48 bits per heavy atom. The van der Waals surface area contributed by atoms with E-state index < -0.39 is 36.4 Å². The molecule has 3 rings (SSSR count).